The molecule has 1 atom stereocenters. The first-order valence-corrected chi connectivity index (χ1v) is 12.2. The molecule has 31 heavy (non-hydrogen) atoms. The van der Waals surface area contributed by atoms with Crippen LogP contribution in [-0.4, -0.2) is 49.5 Å². The zero-order chi connectivity index (χ0) is 22.8. The van der Waals surface area contributed by atoms with E-state index in [1.807, 2.05) is 0 Å². The number of hydrogen-bond acceptors (Lipinski definition) is 4. The average molecular weight is 448 g/mol. The summed E-state index contributed by atoms with van der Waals surface area (Å²) in [7, 11) is -1.97. The Hall–Kier alpha value is -2.16. The Bertz CT molecular complexity index is 1000. The van der Waals surface area contributed by atoms with Gasteiger partial charge in [-0.25, -0.2) is 8.42 Å². The third-order valence-electron chi connectivity index (χ3n) is 5.74. The minimum atomic E-state index is -3.65. The standard InChI is InChI=1S/C23H33N3O4S/c1-16(2)18-6-8-19(9-7-18)22(17(3)4)24-23(27)21-14-20(15-25(21)5)31(28,29)26-10-12-30-13-11-26/h6-9,14-17,22H,10-13H2,1-5H3,(H,24,27)/t22-/m0/s1. The van der Waals surface area contributed by atoms with E-state index in [0.29, 0.717) is 37.9 Å². The van der Waals surface area contributed by atoms with E-state index in [-0.39, 0.29) is 22.8 Å². The molecule has 2 heterocycles. The van der Waals surface area contributed by atoms with Gasteiger partial charge < -0.3 is 14.6 Å². The summed E-state index contributed by atoms with van der Waals surface area (Å²) in [6.07, 6.45) is 1.50. The summed E-state index contributed by atoms with van der Waals surface area (Å²) in [6, 6.07) is 9.58. The van der Waals surface area contributed by atoms with Crippen molar-refractivity contribution < 1.29 is 17.9 Å². The van der Waals surface area contributed by atoms with Gasteiger partial charge in [-0.1, -0.05) is 52.0 Å². The van der Waals surface area contributed by atoms with Crippen LogP contribution in [0.15, 0.2) is 41.4 Å². The van der Waals surface area contributed by atoms with E-state index in [1.165, 1.54) is 22.1 Å². The Labute approximate surface area is 185 Å². The van der Waals surface area contributed by atoms with E-state index in [0.717, 1.165) is 5.56 Å². The molecule has 3 rings (SSSR count). The van der Waals surface area contributed by atoms with Gasteiger partial charge in [0.15, 0.2) is 0 Å². The minimum absolute atomic E-state index is 0.129. The first-order chi connectivity index (χ1) is 14.6. The lowest BCUT2D eigenvalue weighted by molar-refractivity contribution is 0.0730. The molecule has 2 aromatic rings. The van der Waals surface area contributed by atoms with E-state index in [9.17, 15) is 13.2 Å². The first kappa shape index (κ1) is 23.5. The van der Waals surface area contributed by atoms with Crippen LogP contribution in [0.2, 0.25) is 0 Å². The molecule has 170 valence electrons. The van der Waals surface area contributed by atoms with Crippen molar-refractivity contribution in [2.75, 3.05) is 26.3 Å². The fourth-order valence-electron chi connectivity index (χ4n) is 3.78. The van der Waals surface area contributed by atoms with Crippen LogP contribution in [0.3, 0.4) is 0 Å². The zero-order valence-corrected chi connectivity index (χ0v) is 19.8. The van der Waals surface area contributed by atoms with Gasteiger partial charge in [-0.15, -0.1) is 0 Å². The van der Waals surface area contributed by atoms with Gasteiger partial charge >= 0.3 is 0 Å². The number of carbonyl (C=O) groups excluding carboxylic acids is 1. The van der Waals surface area contributed by atoms with Crippen molar-refractivity contribution in [1.29, 1.82) is 0 Å². The molecule has 0 unspecified atom stereocenters. The minimum Gasteiger partial charge on any atom is -0.379 e. The summed E-state index contributed by atoms with van der Waals surface area (Å²) in [5, 5.41) is 3.09. The summed E-state index contributed by atoms with van der Waals surface area (Å²) in [5.41, 5.74) is 2.59. The number of nitrogens with zero attached hydrogens (tertiary/aromatic N) is 2. The van der Waals surface area contributed by atoms with Crippen molar-refractivity contribution in [1.82, 2.24) is 14.2 Å². The van der Waals surface area contributed by atoms with Crippen LogP contribution in [0.25, 0.3) is 0 Å². The van der Waals surface area contributed by atoms with E-state index in [1.54, 1.807) is 11.6 Å². The van der Waals surface area contributed by atoms with Gasteiger partial charge in [-0.05, 0) is 29.0 Å². The van der Waals surface area contributed by atoms with Gasteiger partial charge in [0.25, 0.3) is 5.91 Å². The number of amides is 1. The number of morpholine rings is 1. The molecular formula is C23H33N3O4S. The number of aromatic nitrogens is 1. The molecule has 0 radical (unpaired) electrons. The molecule has 0 spiro atoms. The van der Waals surface area contributed by atoms with Crippen LogP contribution < -0.4 is 5.32 Å². The molecule has 8 heteroatoms. The number of rotatable bonds is 7. The first-order valence-electron chi connectivity index (χ1n) is 10.8. The highest BCUT2D eigenvalue weighted by Crippen LogP contribution is 2.25. The van der Waals surface area contributed by atoms with Gasteiger partial charge in [-0.3, -0.25) is 4.79 Å². The Balaban J connectivity index is 1.81. The van der Waals surface area contributed by atoms with Crippen LogP contribution in [0.5, 0.6) is 0 Å². The van der Waals surface area contributed by atoms with Crippen molar-refractivity contribution in [2.45, 2.75) is 44.6 Å². The Morgan fingerprint density at radius 2 is 1.61 bits per heavy atom. The maximum absolute atomic E-state index is 13.1. The number of sulfonamides is 1. The number of nitrogens with one attached hydrogen (secondary N) is 1. The molecule has 1 N–H and O–H groups in total. The topological polar surface area (TPSA) is 80.6 Å². The van der Waals surface area contributed by atoms with Crippen LogP contribution >= 0.6 is 0 Å². The number of ether oxygens (including phenoxy) is 1. The SMILES string of the molecule is CC(C)c1ccc([C@@H](NC(=O)c2cc(S(=O)(=O)N3CCOCC3)cn2C)C(C)C)cc1. The fourth-order valence-corrected chi connectivity index (χ4v) is 5.26. The van der Waals surface area contributed by atoms with Gasteiger partial charge in [-0.2, -0.15) is 4.31 Å². The Morgan fingerprint density at radius 3 is 2.16 bits per heavy atom. The fraction of sp³-hybridized carbons (Fsp3) is 0.522. The largest absolute Gasteiger partial charge is 0.379 e. The van der Waals surface area contributed by atoms with Crippen LogP contribution in [-0.2, 0) is 21.8 Å². The highest BCUT2D eigenvalue weighted by molar-refractivity contribution is 7.89. The molecule has 0 saturated carbocycles. The molecule has 1 saturated heterocycles. The summed E-state index contributed by atoms with van der Waals surface area (Å²) >= 11 is 0. The van der Waals surface area contributed by atoms with Crippen molar-refractivity contribution in [2.24, 2.45) is 13.0 Å². The molecule has 1 aromatic carbocycles. The van der Waals surface area contributed by atoms with Crippen molar-refractivity contribution >= 4 is 15.9 Å². The molecule has 7 nitrogen and oxygen atoms in total. The zero-order valence-electron chi connectivity index (χ0n) is 19.0. The maximum Gasteiger partial charge on any atom is 0.268 e. The molecule has 1 fully saturated rings. The highest BCUT2D eigenvalue weighted by atomic mass is 32.2. The second-order valence-electron chi connectivity index (χ2n) is 8.70. The number of benzene rings is 1. The highest BCUT2D eigenvalue weighted by Gasteiger charge is 2.29. The predicted octanol–water partition coefficient (Wildman–Crippen LogP) is 3.30. The van der Waals surface area contributed by atoms with E-state index in [4.69, 9.17) is 4.74 Å². The monoisotopic (exact) mass is 447 g/mol. The number of aryl methyl sites for hydroxylation is 1. The van der Waals surface area contributed by atoms with Gasteiger partial charge in [0.1, 0.15) is 10.6 Å². The molecular weight excluding hydrogens is 414 g/mol. The maximum atomic E-state index is 13.1. The molecule has 1 amide bonds. The third-order valence-corrected chi connectivity index (χ3v) is 7.60. The summed E-state index contributed by atoms with van der Waals surface area (Å²) in [6.45, 7) is 9.81. The van der Waals surface area contributed by atoms with Crippen molar-refractivity contribution in [3.05, 3.63) is 53.3 Å². The molecule has 1 aliphatic rings. The smallest absolute Gasteiger partial charge is 0.268 e. The van der Waals surface area contributed by atoms with Crippen LogP contribution in [0.4, 0.5) is 0 Å². The lowest BCUT2D eigenvalue weighted by Gasteiger charge is -2.25. The lowest BCUT2D eigenvalue weighted by Crippen LogP contribution is -2.40. The lowest BCUT2D eigenvalue weighted by atomic mass is 9.93. The van der Waals surface area contributed by atoms with E-state index < -0.39 is 10.0 Å². The quantitative estimate of drug-likeness (QED) is 0.706. The van der Waals surface area contributed by atoms with Crippen LogP contribution in [0, 0.1) is 5.92 Å². The van der Waals surface area contributed by atoms with Gasteiger partial charge in [0, 0.05) is 26.3 Å². The average Bonchev–Trinajstić information content (AvgIpc) is 3.15. The van der Waals surface area contributed by atoms with E-state index >= 15 is 0 Å². The second kappa shape index (κ2) is 9.54. The molecule has 1 aromatic heterocycles. The third kappa shape index (κ3) is 5.19. The Morgan fingerprint density at radius 1 is 1.03 bits per heavy atom. The predicted molar refractivity (Wildman–Crippen MR) is 121 cm³/mol. The normalized spacial score (nSPS) is 16.6. The number of hydrogen-bond donors (Lipinski definition) is 1. The number of carbonyl (C=O) groups is 1. The van der Waals surface area contributed by atoms with Gasteiger partial charge in [0.2, 0.25) is 10.0 Å². The molecule has 0 aliphatic carbocycles. The summed E-state index contributed by atoms with van der Waals surface area (Å²) < 4.78 is 34.1. The Kier molecular flexibility index (Phi) is 7.24. The summed E-state index contributed by atoms with van der Waals surface area (Å²) in [5.74, 6) is 0.319. The van der Waals surface area contributed by atoms with Crippen molar-refractivity contribution in [3.63, 3.8) is 0 Å². The summed E-state index contributed by atoms with van der Waals surface area (Å²) in [4.78, 5) is 13.2. The molecule has 1 aliphatic heterocycles. The van der Waals surface area contributed by atoms with Crippen LogP contribution in [0.1, 0.15) is 61.3 Å². The van der Waals surface area contributed by atoms with E-state index in [2.05, 4.69) is 57.3 Å². The molecule has 0 bridgehead atoms. The van der Waals surface area contributed by atoms with Gasteiger partial charge in [0.05, 0.1) is 19.3 Å². The van der Waals surface area contributed by atoms with Crippen molar-refractivity contribution in [3.8, 4) is 0 Å². The second-order valence-corrected chi connectivity index (χ2v) is 10.6.